The number of benzene rings is 8. The van der Waals surface area contributed by atoms with Gasteiger partial charge in [0.1, 0.15) is 0 Å². The average molecular weight is 773 g/mol. The van der Waals surface area contributed by atoms with Gasteiger partial charge in [0, 0.05) is 33.5 Å². The summed E-state index contributed by atoms with van der Waals surface area (Å²) in [4.78, 5) is 5.05. The second kappa shape index (κ2) is 15.1. The van der Waals surface area contributed by atoms with Crippen molar-refractivity contribution in [3.63, 3.8) is 0 Å². The van der Waals surface area contributed by atoms with Gasteiger partial charge in [-0.3, -0.25) is 0 Å². The standard InChI is InChI=1S/C57H60N2/c1-32(2)45-19-20-52-53(29-45)55-31-56(58(46-21-33(3)41(11)34(4)22-46)47-23-35(5)42(12)36(6)24-47)51-18-16-15-17-50(51)54(55)30-57(52)59(48-25-37(7)43(13)38(8)26-48)49-27-39(9)44(14)40(10)28-49/h15-32H,1-14H3. The predicted molar refractivity (Wildman–Crippen MR) is 259 cm³/mol. The molecular weight excluding hydrogens is 713 g/mol. The fourth-order valence-corrected chi connectivity index (χ4v) is 9.13. The molecule has 0 unspecified atom stereocenters. The number of rotatable bonds is 7. The van der Waals surface area contributed by atoms with Gasteiger partial charge < -0.3 is 9.80 Å². The monoisotopic (exact) mass is 772 g/mol. The van der Waals surface area contributed by atoms with Gasteiger partial charge in [0.2, 0.25) is 0 Å². The Hall–Kier alpha value is -5.86. The minimum atomic E-state index is 0.382. The first-order chi connectivity index (χ1) is 28.0. The molecule has 0 spiro atoms. The predicted octanol–water partition coefficient (Wildman–Crippen LogP) is 16.9. The van der Waals surface area contributed by atoms with E-state index < -0.39 is 0 Å². The number of anilines is 6. The van der Waals surface area contributed by atoms with E-state index in [-0.39, 0.29) is 0 Å². The van der Waals surface area contributed by atoms with Crippen LogP contribution in [0.5, 0.6) is 0 Å². The number of aryl methyl sites for hydroxylation is 8. The third-order valence-corrected chi connectivity index (χ3v) is 13.8. The van der Waals surface area contributed by atoms with Crippen molar-refractivity contribution in [2.75, 3.05) is 9.80 Å². The van der Waals surface area contributed by atoms with Crippen molar-refractivity contribution in [1.29, 1.82) is 0 Å². The lowest BCUT2D eigenvalue weighted by Gasteiger charge is -2.31. The average Bonchev–Trinajstić information content (AvgIpc) is 3.20. The van der Waals surface area contributed by atoms with Gasteiger partial charge >= 0.3 is 0 Å². The smallest absolute Gasteiger partial charge is 0.0546 e. The fourth-order valence-electron chi connectivity index (χ4n) is 9.13. The molecule has 0 heterocycles. The maximum absolute atomic E-state index is 2.53. The van der Waals surface area contributed by atoms with Gasteiger partial charge in [-0.25, -0.2) is 0 Å². The number of hydrogen-bond acceptors (Lipinski definition) is 2. The first-order valence-electron chi connectivity index (χ1n) is 21.4. The van der Waals surface area contributed by atoms with Gasteiger partial charge in [-0.15, -0.1) is 0 Å². The number of fused-ring (bicyclic) bond motifs is 5. The van der Waals surface area contributed by atoms with Crippen LogP contribution in [0.2, 0.25) is 0 Å². The van der Waals surface area contributed by atoms with E-state index >= 15 is 0 Å². The molecule has 0 aliphatic carbocycles. The Morgan fingerprint density at radius 3 is 0.932 bits per heavy atom. The van der Waals surface area contributed by atoms with Gasteiger partial charge in [-0.2, -0.15) is 0 Å². The first kappa shape index (κ1) is 39.9. The second-order valence-electron chi connectivity index (χ2n) is 17.9. The summed E-state index contributed by atoms with van der Waals surface area (Å²) >= 11 is 0. The van der Waals surface area contributed by atoms with Gasteiger partial charge in [0.15, 0.2) is 0 Å². The number of hydrogen-bond donors (Lipinski definition) is 0. The third kappa shape index (κ3) is 6.87. The summed E-state index contributed by atoms with van der Waals surface area (Å²) in [6.45, 7) is 31.5. The quantitative estimate of drug-likeness (QED) is 0.149. The van der Waals surface area contributed by atoms with Crippen molar-refractivity contribution in [2.45, 2.75) is 103 Å². The second-order valence-corrected chi connectivity index (χ2v) is 17.9. The van der Waals surface area contributed by atoms with Crippen molar-refractivity contribution in [2.24, 2.45) is 0 Å². The molecule has 8 rings (SSSR count). The molecule has 0 radical (unpaired) electrons. The lowest BCUT2D eigenvalue weighted by molar-refractivity contribution is 0.869. The highest BCUT2D eigenvalue weighted by molar-refractivity contribution is 6.24. The summed E-state index contributed by atoms with van der Waals surface area (Å²) in [6.07, 6.45) is 0. The van der Waals surface area contributed by atoms with E-state index in [0.29, 0.717) is 5.92 Å². The van der Waals surface area contributed by atoms with Crippen LogP contribution in [0.4, 0.5) is 34.1 Å². The minimum Gasteiger partial charge on any atom is -0.310 e. The summed E-state index contributed by atoms with van der Waals surface area (Å²) in [5.74, 6) is 0.382. The molecule has 2 nitrogen and oxygen atoms in total. The van der Waals surface area contributed by atoms with Crippen LogP contribution in [0.3, 0.4) is 0 Å². The van der Waals surface area contributed by atoms with Crippen LogP contribution in [0.1, 0.15) is 92.1 Å². The Labute approximate surface area is 353 Å². The molecule has 8 aromatic carbocycles. The molecule has 0 aromatic heterocycles. The van der Waals surface area contributed by atoms with Crippen molar-refractivity contribution in [3.05, 3.63) is 175 Å². The highest BCUT2D eigenvalue weighted by Gasteiger charge is 2.24. The summed E-state index contributed by atoms with van der Waals surface area (Å²) in [6, 6.07) is 40.3. The summed E-state index contributed by atoms with van der Waals surface area (Å²) < 4.78 is 0. The van der Waals surface area contributed by atoms with Crippen LogP contribution < -0.4 is 9.80 Å². The summed E-state index contributed by atoms with van der Waals surface area (Å²) in [7, 11) is 0. The molecule has 0 atom stereocenters. The lowest BCUT2D eigenvalue weighted by atomic mass is 9.90. The minimum absolute atomic E-state index is 0.382. The van der Waals surface area contributed by atoms with E-state index in [0.717, 1.165) is 0 Å². The Morgan fingerprint density at radius 2 is 0.593 bits per heavy atom. The summed E-state index contributed by atoms with van der Waals surface area (Å²) in [5.41, 5.74) is 24.2. The molecule has 0 aliphatic rings. The van der Waals surface area contributed by atoms with Crippen LogP contribution >= 0.6 is 0 Å². The zero-order chi connectivity index (χ0) is 42.2. The normalized spacial score (nSPS) is 11.7. The molecule has 8 aromatic rings. The molecule has 0 bridgehead atoms. The van der Waals surface area contributed by atoms with E-state index in [1.165, 1.54) is 139 Å². The molecule has 2 heteroatoms. The van der Waals surface area contributed by atoms with Crippen LogP contribution in [0, 0.1) is 83.1 Å². The summed E-state index contributed by atoms with van der Waals surface area (Å²) in [5, 5.41) is 7.51. The molecule has 0 fully saturated rings. The van der Waals surface area contributed by atoms with Crippen LogP contribution in [0.15, 0.2) is 103 Å². The van der Waals surface area contributed by atoms with Crippen LogP contribution in [-0.4, -0.2) is 0 Å². The molecule has 0 saturated carbocycles. The number of nitrogens with zero attached hydrogens (tertiary/aromatic N) is 2. The van der Waals surface area contributed by atoms with E-state index in [1.807, 2.05) is 0 Å². The van der Waals surface area contributed by atoms with Gasteiger partial charge in [0.25, 0.3) is 0 Å². The van der Waals surface area contributed by atoms with E-state index in [2.05, 4.69) is 210 Å². The Morgan fingerprint density at radius 1 is 0.305 bits per heavy atom. The van der Waals surface area contributed by atoms with Crippen LogP contribution in [0.25, 0.3) is 32.3 Å². The molecule has 0 saturated heterocycles. The van der Waals surface area contributed by atoms with Crippen molar-refractivity contribution >= 4 is 66.4 Å². The zero-order valence-corrected chi connectivity index (χ0v) is 37.8. The van der Waals surface area contributed by atoms with Crippen molar-refractivity contribution in [3.8, 4) is 0 Å². The third-order valence-electron chi connectivity index (χ3n) is 13.8. The van der Waals surface area contributed by atoms with Gasteiger partial charge in [-0.1, -0.05) is 56.3 Å². The highest BCUT2D eigenvalue weighted by atomic mass is 15.2. The maximum atomic E-state index is 2.53. The van der Waals surface area contributed by atoms with E-state index in [4.69, 9.17) is 0 Å². The van der Waals surface area contributed by atoms with Crippen LogP contribution in [-0.2, 0) is 0 Å². The van der Waals surface area contributed by atoms with E-state index in [1.54, 1.807) is 0 Å². The van der Waals surface area contributed by atoms with Crippen molar-refractivity contribution in [1.82, 2.24) is 0 Å². The van der Waals surface area contributed by atoms with Gasteiger partial charge in [-0.05, 0) is 244 Å². The highest BCUT2D eigenvalue weighted by Crippen LogP contribution is 2.49. The molecule has 298 valence electrons. The first-order valence-corrected chi connectivity index (χ1v) is 21.4. The Bertz CT molecular complexity index is 2790. The largest absolute Gasteiger partial charge is 0.310 e. The Kier molecular flexibility index (Phi) is 10.2. The van der Waals surface area contributed by atoms with Gasteiger partial charge in [0.05, 0.1) is 11.4 Å². The molecule has 59 heavy (non-hydrogen) atoms. The molecule has 0 N–H and O–H groups in total. The molecule has 0 aliphatic heterocycles. The molecule has 0 amide bonds. The van der Waals surface area contributed by atoms with E-state index in [9.17, 15) is 0 Å². The maximum Gasteiger partial charge on any atom is 0.0546 e. The lowest BCUT2D eigenvalue weighted by Crippen LogP contribution is -2.14. The topological polar surface area (TPSA) is 6.48 Å². The van der Waals surface area contributed by atoms with Crippen molar-refractivity contribution < 1.29 is 0 Å². The fraction of sp³-hybridized carbons (Fsp3) is 0.263. The SMILES string of the molecule is Cc1cc(N(c2cc(C)c(C)c(C)c2)c2cc3c4cc(C(C)C)ccc4c(N(c4cc(C)c(C)c(C)c4)c4cc(C)c(C)c(C)c4)cc3c3ccccc23)cc(C)c1C. The molecular formula is C57H60N2. The Balaban J connectivity index is 1.54. The zero-order valence-electron chi connectivity index (χ0n) is 37.8.